The standard InChI is InChI=1S/C59H41N3/c1-58(2)51-27-14-12-23-46(51)48-34-33-41(37-53(48)58)57-61-55(39-17-6-3-7-18-39)60-56(62-57)40-31-29-38(30-32-40)44-25-16-26-49-45(44)35-36-50-47-24-13-15-28-52(47)59(54(49)50,42-19-8-4-9-20-42)43-21-10-5-11-22-43/h3-37H,1-2H3. The van der Waals surface area contributed by atoms with Crippen LogP contribution in [0.5, 0.6) is 0 Å². The van der Waals surface area contributed by atoms with E-state index in [1.54, 1.807) is 0 Å². The fraction of sp³-hybridized carbons (Fsp3) is 0.0678. The Labute approximate surface area is 362 Å². The highest BCUT2D eigenvalue weighted by Gasteiger charge is 2.47. The Bertz CT molecular complexity index is 3310. The molecule has 0 aliphatic heterocycles. The molecule has 10 aromatic rings. The molecule has 0 bridgehead atoms. The van der Waals surface area contributed by atoms with Crippen LogP contribution in [0.3, 0.4) is 0 Å². The van der Waals surface area contributed by atoms with E-state index in [2.05, 4.69) is 208 Å². The molecule has 292 valence electrons. The van der Waals surface area contributed by atoms with E-state index in [9.17, 15) is 0 Å². The van der Waals surface area contributed by atoms with Gasteiger partial charge in [-0.3, -0.25) is 0 Å². The Morgan fingerprint density at radius 2 is 0.774 bits per heavy atom. The Morgan fingerprint density at radius 1 is 0.306 bits per heavy atom. The monoisotopic (exact) mass is 791 g/mol. The van der Waals surface area contributed by atoms with Gasteiger partial charge in [-0.2, -0.15) is 0 Å². The molecule has 0 N–H and O–H groups in total. The smallest absolute Gasteiger partial charge is 0.164 e. The third-order valence-corrected chi connectivity index (χ3v) is 13.4. The largest absolute Gasteiger partial charge is 0.208 e. The minimum absolute atomic E-state index is 0.133. The minimum Gasteiger partial charge on any atom is -0.208 e. The first-order valence-corrected chi connectivity index (χ1v) is 21.4. The van der Waals surface area contributed by atoms with E-state index >= 15 is 0 Å². The van der Waals surface area contributed by atoms with E-state index in [0.29, 0.717) is 17.5 Å². The molecule has 0 radical (unpaired) electrons. The number of rotatable bonds is 6. The van der Waals surface area contributed by atoms with Crippen LogP contribution in [0.2, 0.25) is 0 Å². The molecular weight excluding hydrogens is 751 g/mol. The maximum absolute atomic E-state index is 5.18. The van der Waals surface area contributed by atoms with E-state index < -0.39 is 5.41 Å². The molecule has 3 heteroatoms. The van der Waals surface area contributed by atoms with Crippen LogP contribution >= 0.6 is 0 Å². The van der Waals surface area contributed by atoms with Gasteiger partial charge in [-0.25, -0.2) is 15.0 Å². The zero-order chi connectivity index (χ0) is 41.4. The SMILES string of the molecule is CC1(C)c2ccccc2-c2ccc(-c3nc(-c4ccccc4)nc(-c4ccc(-c5cccc6c7c(ccc56)-c5ccccc5C7(c5ccccc5)c5ccccc5)cc4)n3)cc21. The highest BCUT2D eigenvalue weighted by atomic mass is 15.0. The van der Waals surface area contributed by atoms with Gasteiger partial charge < -0.3 is 0 Å². The lowest BCUT2D eigenvalue weighted by Gasteiger charge is -2.34. The summed E-state index contributed by atoms with van der Waals surface area (Å²) < 4.78 is 0. The fourth-order valence-electron chi connectivity index (χ4n) is 10.6. The molecule has 0 fully saturated rings. The zero-order valence-electron chi connectivity index (χ0n) is 34.5. The summed E-state index contributed by atoms with van der Waals surface area (Å²) in [5, 5.41) is 2.47. The van der Waals surface area contributed by atoms with Crippen LogP contribution in [0.4, 0.5) is 0 Å². The number of benzene rings is 9. The average Bonchev–Trinajstić information content (AvgIpc) is 3.78. The minimum atomic E-state index is -0.484. The summed E-state index contributed by atoms with van der Waals surface area (Å²) in [4.78, 5) is 15.4. The predicted molar refractivity (Wildman–Crippen MR) is 254 cm³/mol. The average molecular weight is 792 g/mol. The maximum Gasteiger partial charge on any atom is 0.164 e. The summed E-state index contributed by atoms with van der Waals surface area (Å²) in [6.07, 6.45) is 0. The highest BCUT2D eigenvalue weighted by Crippen LogP contribution is 2.58. The van der Waals surface area contributed by atoms with Crippen molar-refractivity contribution in [2.45, 2.75) is 24.7 Å². The third-order valence-electron chi connectivity index (χ3n) is 13.4. The van der Waals surface area contributed by atoms with Crippen LogP contribution in [0.25, 0.3) is 78.3 Å². The van der Waals surface area contributed by atoms with Crippen LogP contribution < -0.4 is 0 Å². The van der Waals surface area contributed by atoms with Gasteiger partial charge in [0.2, 0.25) is 0 Å². The second-order valence-corrected chi connectivity index (χ2v) is 17.1. The zero-order valence-corrected chi connectivity index (χ0v) is 34.5. The summed E-state index contributed by atoms with van der Waals surface area (Å²) >= 11 is 0. The summed E-state index contributed by atoms with van der Waals surface area (Å²) in [6, 6.07) is 76.9. The summed E-state index contributed by atoms with van der Waals surface area (Å²) in [7, 11) is 0. The molecule has 12 rings (SSSR count). The second kappa shape index (κ2) is 13.9. The molecule has 9 aromatic carbocycles. The van der Waals surface area contributed by atoms with Gasteiger partial charge >= 0.3 is 0 Å². The molecule has 3 nitrogen and oxygen atoms in total. The van der Waals surface area contributed by atoms with Crippen molar-refractivity contribution in [2.24, 2.45) is 0 Å². The normalized spacial score (nSPS) is 13.9. The van der Waals surface area contributed by atoms with E-state index in [1.807, 2.05) is 18.2 Å². The Morgan fingerprint density at radius 3 is 1.44 bits per heavy atom. The molecule has 2 aliphatic rings. The van der Waals surface area contributed by atoms with Crippen LogP contribution in [-0.4, -0.2) is 15.0 Å². The number of hydrogen-bond donors (Lipinski definition) is 0. The molecule has 0 atom stereocenters. The van der Waals surface area contributed by atoms with Crippen molar-refractivity contribution in [3.8, 4) is 67.5 Å². The van der Waals surface area contributed by atoms with E-state index in [1.165, 1.54) is 72.0 Å². The lowest BCUT2D eigenvalue weighted by Crippen LogP contribution is -2.28. The van der Waals surface area contributed by atoms with Gasteiger partial charge in [0.15, 0.2) is 17.5 Å². The quantitative estimate of drug-likeness (QED) is 0.168. The van der Waals surface area contributed by atoms with Crippen molar-refractivity contribution in [2.75, 3.05) is 0 Å². The van der Waals surface area contributed by atoms with Gasteiger partial charge in [0.05, 0.1) is 5.41 Å². The first-order valence-electron chi connectivity index (χ1n) is 21.4. The van der Waals surface area contributed by atoms with Crippen molar-refractivity contribution in [3.05, 3.63) is 246 Å². The predicted octanol–water partition coefficient (Wildman–Crippen LogP) is 14.4. The molecule has 0 saturated carbocycles. The van der Waals surface area contributed by atoms with Crippen molar-refractivity contribution in [1.29, 1.82) is 0 Å². The lowest BCUT2D eigenvalue weighted by molar-refractivity contribution is 0.660. The van der Waals surface area contributed by atoms with Gasteiger partial charge in [0.25, 0.3) is 0 Å². The number of hydrogen-bond acceptors (Lipinski definition) is 3. The van der Waals surface area contributed by atoms with Crippen LogP contribution in [0.15, 0.2) is 212 Å². The number of aromatic nitrogens is 3. The van der Waals surface area contributed by atoms with Crippen molar-refractivity contribution < 1.29 is 0 Å². The molecule has 62 heavy (non-hydrogen) atoms. The summed E-state index contributed by atoms with van der Waals surface area (Å²) in [6.45, 7) is 4.62. The Balaban J connectivity index is 0.989. The first-order chi connectivity index (χ1) is 30.5. The van der Waals surface area contributed by atoms with E-state index in [-0.39, 0.29) is 5.41 Å². The number of nitrogens with zero attached hydrogens (tertiary/aromatic N) is 3. The molecule has 0 unspecified atom stereocenters. The highest BCUT2D eigenvalue weighted by molar-refractivity contribution is 6.06. The topological polar surface area (TPSA) is 38.7 Å². The fourth-order valence-corrected chi connectivity index (χ4v) is 10.6. The second-order valence-electron chi connectivity index (χ2n) is 17.1. The molecule has 1 heterocycles. The van der Waals surface area contributed by atoms with Gasteiger partial charge in [0.1, 0.15) is 0 Å². The van der Waals surface area contributed by atoms with E-state index in [0.717, 1.165) is 22.3 Å². The van der Waals surface area contributed by atoms with Gasteiger partial charge in [-0.05, 0) is 83.6 Å². The molecule has 0 spiro atoms. The van der Waals surface area contributed by atoms with Crippen LogP contribution in [-0.2, 0) is 10.8 Å². The molecule has 1 aromatic heterocycles. The molecule has 0 amide bonds. The number of fused-ring (bicyclic) bond motifs is 8. The van der Waals surface area contributed by atoms with Crippen molar-refractivity contribution >= 4 is 10.8 Å². The third kappa shape index (κ3) is 5.34. The van der Waals surface area contributed by atoms with Crippen molar-refractivity contribution in [3.63, 3.8) is 0 Å². The van der Waals surface area contributed by atoms with Crippen LogP contribution in [0, 0.1) is 0 Å². The Hall–Kier alpha value is -7.75. The summed E-state index contributed by atoms with van der Waals surface area (Å²) in [5.74, 6) is 1.96. The first kappa shape index (κ1) is 36.1. The molecule has 0 saturated heterocycles. The Kier molecular flexibility index (Phi) is 8.10. The maximum atomic E-state index is 5.18. The molecule has 2 aliphatic carbocycles. The van der Waals surface area contributed by atoms with Crippen molar-refractivity contribution in [1.82, 2.24) is 15.0 Å². The van der Waals surface area contributed by atoms with Gasteiger partial charge in [-0.1, -0.05) is 220 Å². The van der Waals surface area contributed by atoms with Crippen LogP contribution in [0.1, 0.15) is 47.2 Å². The van der Waals surface area contributed by atoms with E-state index in [4.69, 9.17) is 15.0 Å². The van der Waals surface area contributed by atoms with Gasteiger partial charge in [-0.15, -0.1) is 0 Å². The summed E-state index contributed by atoms with van der Waals surface area (Å²) in [5.41, 5.74) is 17.5. The van der Waals surface area contributed by atoms with Gasteiger partial charge in [0, 0.05) is 22.1 Å². The lowest BCUT2D eigenvalue weighted by atomic mass is 9.66. The molecular formula is C59H41N3.